The third-order valence-electron chi connectivity index (χ3n) is 4.41. The normalized spacial score (nSPS) is 23.6. The Morgan fingerprint density at radius 1 is 1.42 bits per heavy atom. The second-order valence-corrected chi connectivity index (χ2v) is 5.54. The van der Waals surface area contributed by atoms with Crippen LogP contribution in [0.15, 0.2) is 23.3 Å². The molecule has 1 aliphatic carbocycles. The van der Waals surface area contributed by atoms with Gasteiger partial charge in [0.25, 0.3) is 0 Å². The number of nitrogens with zero attached hydrogens (tertiary/aromatic N) is 2. The fourth-order valence-electron chi connectivity index (χ4n) is 3.45. The highest BCUT2D eigenvalue weighted by atomic mass is 16.1. The van der Waals surface area contributed by atoms with Gasteiger partial charge in [0.2, 0.25) is 0 Å². The van der Waals surface area contributed by atoms with E-state index >= 15 is 0 Å². The van der Waals surface area contributed by atoms with Crippen molar-refractivity contribution in [3.63, 3.8) is 0 Å². The number of pyridine rings is 1. The first-order valence-electron chi connectivity index (χ1n) is 6.82. The molecule has 0 aliphatic heterocycles. The lowest BCUT2D eigenvalue weighted by Gasteiger charge is -2.17. The lowest BCUT2D eigenvalue weighted by Crippen LogP contribution is -2.23. The summed E-state index contributed by atoms with van der Waals surface area (Å²) < 4.78 is 1.95. The van der Waals surface area contributed by atoms with Gasteiger partial charge in [-0.15, -0.1) is 0 Å². The number of aromatic amines is 2. The van der Waals surface area contributed by atoms with Crippen LogP contribution in [0.25, 0.3) is 22.1 Å². The maximum atomic E-state index is 12.3. The second kappa shape index (κ2) is 3.73. The molecule has 3 aromatic rings. The van der Waals surface area contributed by atoms with Crippen molar-refractivity contribution in [2.24, 2.45) is 5.92 Å². The van der Waals surface area contributed by atoms with Crippen molar-refractivity contribution in [2.45, 2.75) is 32.2 Å². The summed E-state index contributed by atoms with van der Waals surface area (Å²) in [6.07, 6.45) is 7.10. The molecule has 2 atom stereocenters. The number of hydrogen-bond acceptors (Lipinski definition) is 2. The van der Waals surface area contributed by atoms with E-state index in [0.717, 1.165) is 28.5 Å². The Morgan fingerprint density at radius 3 is 3.11 bits per heavy atom. The predicted molar refractivity (Wildman–Crippen MR) is 74.3 cm³/mol. The Morgan fingerprint density at radius 2 is 2.32 bits per heavy atom. The van der Waals surface area contributed by atoms with Gasteiger partial charge in [0.1, 0.15) is 5.65 Å². The van der Waals surface area contributed by atoms with Gasteiger partial charge in [0, 0.05) is 17.6 Å². The molecule has 3 aromatic heterocycles. The zero-order chi connectivity index (χ0) is 13.0. The Kier molecular flexibility index (Phi) is 2.13. The summed E-state index contributed by atoms with van der Waals surface area (Å²) in [7, 11) is 0. The summed E-state index contributed by atoms with van der Waals surface area (Å²) in [4.78, 5) is 22.7. The molecule has 0 aromatic carbocycles. The van der Waals surface area contributed by atoms with Crippen LogP contribution in [0, 0.1) is 5.92 Å². The zero-order valence-corrected chi connectivity index (χ0v) is 10.8. The molecule has 19 heavy (non-hydrogen) atoms. The fourth-order valence-corrected chi connectivity index (χ4v) is 3.45. The maximum absolute atomic E-state index is 12.3. The van der Waals surface area contributed by atoms with Crippen LogP contribution in [-0.2, 0) is 0 Å². The van der Waals surface area contributed by atoms with E-state index in [9.17, 15) is 4.79 Å². The van der Waals surface area contributed by atoms with Gasteiger partial charge in [-0.05, 0) is 24.8 Å². The molecule has 3 heterocycles. The van der Waals surface area contributed by atoms with Crippen molar-refractivity contribution >= 4 is 22.1 Å². The Hall–Kier alpha value is -2.04. The molecule has 5 nitrogen and oxygen atoms in total. The summed E-state index contributed by atoms with van der Waals surface area (Å²) in [6.45, 7) is 2.23. The molecule has 2 N–H and O–H groups in total. The molecule has 0 bridgehead atoms. The number of imidazole rings is 1. The van der Waals surface area contributed by atoms with Crippen molar-refractivity contribution in [3.8, 4) is 0 Å². The van der Waals surface area contributed by atoms with Gasteiger partial charge in [0.15, 0.2) is 0 Å². The molecule has 5 heteroatoms. The van der Waals surface area contributed by atoms with E-state index in [1.165, 1.54) is 12.8 Å². The van der Waals surface area contributed by atoms with Gasteiger partial charge in [-0.1, -0.05) is 13.3 Å². The summed E-state index contributed by atoms with van der Waals surface area (Å²) >= 11 is 0. The largest absolute Gasteiger partial charge is 0.346 e. The molecule has 1 aliphatic rings. The Balaban J connectivity index is 2.10. The van der Waals surface area contributed by atoms with Crippen LogP contribution in [-0.4, -0.2) is 19.5 Å². The number of nitrogens with one attached hydrogen (secondary N) is 2. The van der Waals surface area contributed by atoms with E-state index < -0.39 is 0 Å². The minimum Gasteiger partial charge on any atom is -0.346 e. The lowest BCUT2D eigenvalue weighted by molar-refractivity contribution is 0.408. The van der Waals surface area contributed by atoms with E-state index in [1.807, 2.05) is 16.8 Å². The summed E-state index contributed by atoms with van der Waals surface area (Å²) in [5.41, 5.74) is 2.65. The van der Waals surface area contributed by atoms with E-state index in [-0.39, 0.29) is 5.69 Å². The number of aromatic nitrogens is 4. The molecule has 0 amide bonds. The summed E-state index contributed by atoms with van der Waals surface area (Å²) in [5, 5.41) is 1.02. The van der Waals surface area contributed by atoms with Crippen LogP contribution in [0.5, 0.6) is 0 Å². The van der Waals surface area contributed by atoms with Crippen LogP contribution in [0.1, 0.15) is 32.2 Å². The van der Waals surface area contributed by atoms with Gasteiger partial charge in [-0.2, -0.15) is 0 Å². The smallest absolute Gasteiger partial charge is 0.326 e. The third kappa shape index (κ3) is 1.41. The molecule has 0 spiro atoms. The molecule has 1 fully saturated rings. The van der Waals surface area contributed by atoms with Crippen molar-refractivity contribution in [2.75, 3.05) is 0 Å². The molecule has 0 unspecified atom stereocenters. The minimum atomic E-state index is -0.00995. The number of H-pyrrole nitrogens is 2. The topological polar surface area (TPSA) is 66.5 Å². The fraction of sp³-hybridized carbons (Fsp3) is 0.429. The van der Waals surface area contributed by atoms with E-state index in [4.69, 9.17) is 0 Å². The Labute approximate surface area is 109 Å². The minimum absolute atomic E-state index is 0.00995. The van der Waals surface area contributed by atoms with Crippen LogP contribution >= 0.6 is 0 Å². The number of fused-ring (bicyclic) bond motifs is 3. The number of hydrogen-bond donors (Lipinski definition) is 2. The monoisotopic (exact) mass is 256 g/mol. The molecule has 0 saturated heterocycles. The van der Waals surface area contributed by atoms with Crippen molar-refractivity contribution < 1.29 is 0 Å². The molecule has 1 saturated carbocycles. The van der Waals surface area contributed by atoms with Crippen molar-refractivity contribution in [1.82, 2.24) is 19.5 Å². The first-order valence-corrected chi connectivity index (χ1v) is 6.82. The van der Waals surface area contributed by atoms with Crippen LogP contribution < -0.4 is 5.69 Å². The van der Waals surface area contributed by atoms with E-state index in [0.29, 0.717) is 12.0 Å². The zero-order valence-electron chi connectivity index (χ0n) is 10.8. The molecular formula is C14H16N4O. The maximum Gasteiger partial charge on any atom is 0.326 e. The SMILES string of the molecule is C[C@@H]1CCC[C@@H]1n1c(=O)[nH]c2cnc3[nH]ccc3c21. The van der Waals surface area contributed by atoms with Gasteiger partial charge in [-0.3, -0.25) is 4.57 Å². The predicted octanol–water partition coefficient (Wildman–Crippen LogP) is 2.57. The highest BCUT2D eigenvalue weighted by Gasteiger charge is 2.28. The van der Waals surface area contributed by atoms with Gasteiger partial charge >= 0.3 is 5.69 Å². The van der Waals surface area contributed by atoms with Gasteiger partial charge in [-0.25, -0.2) is 9.78 Å². The molecule has 4 rings (SSSR count). The van der Waals surface area contributed by atoms with E-state index in [1.54, 1.807) is 6.20 Å². The van der Waals surface area contributed by atoms with E-state index in [2.05, 4.69) is 21.9 Å². The summed E-state index contributed by atoms with van der Waals surface area (Å²) in [5.74, 6) is 0.554. The average Bonchev–Trinajstić information content (AvgIpc) is 3.05. The average molecular weight is 256 g/mol. The van der Waals surface area contributed by atoms with Gasteiger partial charge in [0.05, 0.1) is 17.2 Å². The highest BCUT2D eigenvalue weighted by Crippen LogP contribution is 2.37. The van der Waals surface area contributed by atoms with Crippen LogP contribution in [0.4, 0.5) is 0 Å². The van der Waals surface area contributed by atoms with Crippen molar-refractivity contribution in [1.29, 1.82) is 0 Å². The quantitative estimate of drug-likeness (QED) is 0.702. The standard InChI is InChI=1S/C14H16N4O/c1-8-3-2-4-11(8)18-12-9-5-6-15-13(9)16-7-10(12)17-14(18)19/h5-8,11H,2-4H2,1H3,(H,15,16)(H,17,19)/t8-,11+/m1/s1. The summed E-state index contributed by atoms with van der Waals surface area (Å²) in [6, 6.07) is 2.30. The number of rotatable bonds is 1. The highest BCUT2D eigenvalue weighted by molar-refractivity contribution is 6.00. The first kappa shape index (κ1) is 10.8. The van der Waals surface area contributed by atoms with Crippen LogP contribution in [0.3, 0.4) is 0 Å². The molecule has 0 radical (unpaired) electrons. The van der Waals surface area contributed by atoms with Crippen molar-refractivity contribution in [3.05, 3.63) is 28.9 Å². The van der Waals surface area contributed by atoms with Crippen LogP contribution in [0.2, 0.25) is 0 Å². The lowest BCUT2D eigenvalue weighted by atomic mass is 10.1. The first-order chi connectivity index (χ1) is 9.25. The third-order valence-corrected chi connectivity index (χ3v) is 4.41. The Bertz CT molecular complexity index is 810. The van der Waals surface area contributed by atoms with Gasteiger partial charge < -0.3 is 9.97 Å². The molecule has 98 valence electrons. The second-order valence-electron chi connectivity index (χ2n) is 5.54. The molecular weight excluding hydrogens is 240 g/mol.